The van der Waals surface area contributed by atoms with Gasteiger partial charge in [0.25, 0.3) is 15.7 Å². The van der Waals surface area contributed by atoms with E-state index < -0.39 is 20.8 Å². The molecule has 0 unspecified atom stereocenters. The van der Waals surface area contributed by atoms with Gasteiger partial charge in [-0.1, -0.05) is 6.07 Å². The molecule has 7 nitrogen and oxygen atoms in total. The molecule has 9 heteroatoms. The Labute approximate surface area is 126 Å². The van der Waals surface area contributed by atoms with Crippen LogP contribution < -0.4 is 4.72 Å². The molecule has 0 spiro atoms. The van der Waals surface area contributed by atoms with Crippen molar-refractivity contribution in [2.75, 3.05) is 4.72 Å². The number of aryl methyl sites for hydroxylation is 1. The summed E-state index contributed by atoms with van der Waals surface area (Å²) in [7, 11) is -4.04. The molecule has 2 aromatic rings. The minimum atomic E-state index is -4.04. The monoisotopic (exact) mass is 325 g/mol. The molecule has 0 atom stereocenters. The SMILES string of the molecule is Cc1nc(NS(=O)(=O)c2cccc(F)c2C)ccc1[N+](=O)[O-]. The molecule has 2 rings (SSSR count). The molecule has 0 saturated heterocycles. The van der Waals surface area contributed by atoms with E-state index in [1.54, 1.807) is 0 Å². The Balaban J connectivity index is 2.39. The van der Waals surface area contributed by atoms with Crippen molar-refractivity contribution in [2.24, 2.45) is 0 Å². The van der Waals surface area contributed by atoms with E-state index in [2.05, 4.69) is 9.71 Å². The van der Waals surface area contributed by atoms with Crippen LogP contribution >= 0.6 is 0 Å². The summed E-state index contributed by atoms with van der Waals surface area (Å²) in [4.78, 5) is 13.7. The van der Waals surface area contributed by atoms with E-state index in [0.717, 1.165) is 12.1 Å². The predicted molar refractivity (Wildman–Crippen MR) is 77.6 cm³/mol. The zero-order valence-corrected chi connectivity index (χ0v) is 12.5. The van der Waals surface area contributed by atoms with Crippen molar-refractivity contribution < 1.29 is 17.7 Å². The summed E-state index contributed by atoms with van der Waals surface area (Å²) in [5.74, 6) is -0.720. The standard InChI is InChI=1S/C13H12FN3O4S/c1-8-10(14)4-3-5-12(8)22(20,21)16-13-7-6-11(17(18)19)9(2)15-13/h3-7H,1-2H3,(H,15,16). The van der Waals surface area contributed by atoms with E-state index in [1.165, 1.54) is 32.0 Å². The molecule has 1 aromatic carbocycles. The number of halogens is 1. The van der Waals surface area contributed by atoms with Crippen LogP contribution in [0.1, 0.15) is 11.3 Å². The quantitative estimate of drug-likeness (QED) is 0.687. The average Bonchev–Trinajstić information content (AvgIpc) is 2.40. The van der Waals surface area contributed by atoms with Gasteiger partial charge in [-0.25, -0.2) is 17.8 Å². The highest BCUT2D eigenvalue weighted by Gasteiger charge is 2.20. The number of nitrogens with one attached hydrogen (secondary N) is 1. The fraction of sp³-hybridized carbons (Fsp3) is 0.154. The molecule has 0 amide bonds. The zero-order chi connectivity index (χ0) is 16.5. The molecule has 1 aromatic heterocycles. The topological polar surface area (TPSA) is 102 Å². The minimum absolute atomic E-state index is 0.0198. The van der Waals surface area contributed by atoms with E-state index >= 15 is 0 Å². The first-order chi connectivity index (χ1) is 10.2. The molecule has 0 saturated carbocycles. The lowest BCUT2D eigenvalue weighted by Crippen LogP contribution is -2.16. The third-order valence-corrected chi connectivity index (χ3v) is 4.50. The van der Waals surface area contributed by atoms with E-state index in [4.69, 9.17) is 0 Å². The predicted octanol–water partition coefficient (Wildman–Crippen LogP) is 2.55. The van der Waals surface area contributed by atoms with Crippen LogP contribution in [0.4, 0.5) is 15.9 Å². The van der Waals surface area contributed by atoms with Gasteiger partial charge in [0.2, 0.25) is 0 Å². The average molecular weight is 325 g/mol. The van der Waals surface area contributed by atoms with Crippen molar-refractivity contribution in [2.45, 2.75) is 18.7 Å². The normalized spacial score (nSPS) is 11.2. The van der Waals surface area contributed by atoms with Gasteiger partial charge in [0, 0.05) is 11.6 Å². The fourth-order valence-electron chi connectivity index (χ4n) is 1.87. The molecular formula is C13H12FN3O4S. The van der Waals surface area contributed by atoms with Gasteiger partial charge >= 0.3 is 0 Å². The lowest BCUT2D eigenvalue weighted by atomic mass is 10.2. The lowest BCUT2D eigenvalue weighted by molar-refractivity contribution is -0.385. The summed E-state index contributed by atoms with van der Waals surface area (Å²) in [5.41, 5.74) is -0.167. The molecular weight excluding hydrogens is 313 g/mol. The van der Waals surface area contributed by atoms with Crippen LogP contribution in [0.2, 0.25) is 0 Å². The van der Waals surface area contributed by atoms with E-state index in [1.807, 2.05) is 0 Å². The van der Waals surface area contributed by atoms with Crippen LogP contribution in [-0.4, -0.2) is 18.3 Å². The number of nitrogens with zero attached hydrogens (tertiary/aromatic N) is 2. The third kappa shape index (κ3) is 3.03. The Kier molecular flexibility index (Phi) is 4.09. The second-order valence-electron chi connectivity index (χ2n) is 4.53. The number of aromatic nitrogens is 1. The number of rotatable bonds is 4. The van der Waals surface area contributed by atoms with Crippen LogP contribution in [0.25, 0.3) is 0 Å². The van der Waals surface area contributed by atoms with Crippen molar-refractivity contribution in [1.29, 1.82) is 0 Å². The number of sulfonamides is 1. The van der Waals surface area contributed by atoms with Gasteiger partial charge in [0.1, 0.15) is 17.3 Å². The second-order valence-corrected chi connectivity index (χ2v) is 6.18. The molecule has 0 aliphatic heterocycles. The number of anilines is 1. The molecule has 1 heterocycles. The van der Waals surface area contributed by atoms with Gasteiger partial charge in [-0.05, 0) is 32.0 Å². The van der Waals surface area contributed by atoms with Gasteiger partial charge in [-0.15, -0.1) is 0 Å². The lowest BCUT2D eigenvalue weighted by Gasteiger charge is -2.10. The van der Waals surface area contributed by atoms with Gasteiger partial charge in [0.05, 0.1) is 9.82 Å². The highest BCUT2D eigenvalue weighted by atomic mass is 32.2. The maximum atomic E-state index is 13.5. The van der Waals surface area contributed by atoms with Crippen molar-refractivity contribution in [1.82, 2.24) is 4.98 Å². The maximum absolute atomic E-state index is 13.5. The van der Waals surface area contributed by atoms with Crippen LogP contribution in [0, 0.1) is 29.8 Å². The third-order valence-electron chi connectivity index (χ3n) is 3.00. The number of hydrogen-bond donors (Lipinski definition) is 1. The van der Waals surface area contributed by atoms with Crippen LogP contribution in [0.3, 0.4) is 0 Å². The fourth-order valence-corrected chi connectivity index (χ4v) is 3.13. The van der Waals surface area contributed by atoms with Crippen molar-refractivity contribution in [3.05, 3.63) is 57.5 Å². The molecule has 0 bridgehead atoms. The van der Waals surface area contributed by atoms with E-state index in [0.29, 0.717) is 0 Å². The first-order valence-corrected chi connectivity index (χ1v) is 7.60. The highest BCUT2D eigenvalue weighted by molar-refractivity contribution is 7.92. The maximum Gasteiger partial charge on any atom is 0.290 e. The molecule has 1 N–H and O–H groups in total. The number of nitro groups is 1. The summed E-state index contributed by atoms with van der Waals surface area (Å²) < 4.78 is 40.2. The smallest absolute Gasteiger partial charge is 0.263 e. The van der Waals surface area contributed by atoms with Crippen LogP contribution in [0.15, 0.2) is 35.2 Å². The molecule has 116 valence electrons. The first-order valence-electron chi connectivity index (χ1n) is 6.12. The molecule has 0 radical (unpaired) electrons. The molecule has 0 aliphatic carbocycles. The van der Waals surface area contributed by atoms with Crippen LogP contribution in [-0.2, 0) is 10.0 Å². The zero-order valence-electron chi connectivity index (χ0n) is 11.7. The van der Waals surface area contributed by atoms with Crippen molar-refractivity contribution >= 4 is 21.5 Å². The Hall–Kier alpha value is -2.55. The molecule has 22 heavy (non-hydrogen) atoms. The summed E-state index contributed by atoms with van der Waals surface area (Å²) in [5, 5.41) is 10.7. The Morgan fingerprint density at radius 3 is 2.50 bits per heavy atom. The van der Waals surface area contributed by atoms with Gasteiger partial charge in [-0.2, -0.15) is 0 Å². The molecule has 0 aliphatic rings. The van der Waals surface area contributed by atoms with Crippen molar-refractivity contribution in [3.63, 3.8) is 0 Å². The highest BCUT2D eigenvalue weighted by Crippen LogP contribution is 2.22. The van der Waals surface area contributed by atoms with Crippen LogP contribution in [0.5, 0.6) is 0 Å². The van der Waals surface area contributed by atoms with Gasteiger partial charge in [-0.3, -0.25) is 14.8 Å². The second kappa shape index (κ2) is 5.68. The minimum Gasteiger partial charge on any atom is -0.263 e. The largest absolute Gasteiger partial charge is 0.290 e. The number of hydrogen-bond acceptors (Lipinski definition) is 5. The van der Waals surface area contributed by atoms with E-state index in [-0.39, 0.29) is 27.7 Å². The Morgan fingerprint density at radius 2 is 1.91 bits per heavy atom. The summed E-state index contributed by atoms with van der Waals surface area (Å²) in [6, 6.07) is 6.03. The number of pyridine rings is 1. The summed E-state index contributed by atoms with van der Waals surface area (Å²) in [6.45, 7) is 2.74. The summed E-state index contributed by atoms with van der Waals surface area (Å²) >= 11 is 0. The Morgan fingerprint density at radius 1 is 1.23 bits per heavy atom. The Bertz CT molecular complexity index is 852. The van der Waals surface area contributed by atoms with E-state index in [9.17, 15) is 22.9 Å². The van der Waals surface area contributed by atoms with Gasteiger partial charge < -0.3 is 0 Å². The first kappa shape index (κ1) is 15.8. The number of benzene rings is 1. The van der Waals surface area contributed by atoms with Crippen molar-refractivity contribution in [3.8, 4) is 0 Å². The summed E-state index contributed by atoms with van der Waals surface area (Å²) in [6.07, 6.45) is 0. The molecule has 0 fully saturated rings. The van der Waals surface area contributed by atoms with Gasteiger partial charge in [0.15, 0.2) is 0 Å².